The second-order valence-electron chi connectivity index (χ2n) is 9.46. The molecule has 2 aromatic heterocycles. The smallest absolute Gasteiger partial charge is 0.249 e. The minimum Gasteiger partial charge on any atom is -0.456 e. The van der Waals surface area contributed by atoms with Gasteiger partial charge in [0, 0.05) is 66.7 Å². The number of nitrogens with one attached hydrogen (secondary N) is 2. The summed E-state index contributed by atoms with van der Waals surface area (Å²) < 4.78 is 12.7. The van der Waals surface area contributed by atoms with E-state index in [0.717, 1.165) is 58.1 Å². The zero-order chi connectivity index (χ0) is 25.4. The van der Waals surface area contributed by atoms with Crippen molar-refractivity contribution >= 4 is 23.0 Å². The lowest BCUT2D eigenvalue weighted by Gasteiger charge is -2.36. The maximum absolute atomic E-state index is 11.8. The molecule has 7 nitrogen and oxygen atoms in total. The minimum atomic E-state index is -0.155. The van der Waals surface area contributed by atoms with Crippen LogP contribution in [0.5, 0.6) is 11.5 Å². The summed E-state index contributed by atoms with van der Waals surface area (Å²) in [6, 6.07) is 18.0. The summed E-state index contributed by atoms with van der Waals surface area (Å²) in [6.07, 6.45) is 5.76. The van der Waals surface area contributed by atoms with Gasteiger partial charge in [0.05, 0.1) is 17.7 Å². The molecule has 2 N–H and O–H groups in total. The Morgan fingerprint density at radius 1 is 1.14 bits per heavy atom. The number of halogens is 1. The second-order valence-corrected chi connectivity index (χ2v) is 9.89. The fourth-order valence-electron chi connectivity index (χ4n) is 5.04. The summed E-state index contributed by atoms with van der Waals surface area (Å²) >= 11 is 6.12. The molecule has 0 spiro atoms. The Hall–Kier alpha value is -3.81. The molecule has 6 rings (SSSR count). The van der Waals surface area contributed by atoms with Gasteiger partial charge in [-0.05, 0) is 48.4 Å². The Balaban J connectivity index is 1.22. The van der Waals surface area contributed by atoms with E-state index in [9.17, 15) is 4.79 Å². The van der Waals surface area contributed by atoms with Crippen molar-refractivity contribution in [2.45, 2.75) is 25.5 Å². The Kier molecular flexibility index (Phi) is 6.32. The predicted octanol–water partition coefficient (Wildman–Crippen LogP) is 5.87. The average Bonchev–Trinajstić information content (AvgIpc) is 2.91. The van der Waals surface area contributed by atoms with Gasteiger partial charge in [0.15, 0.2) is 0 Å². The molecule has 2 aromatic carbocycles. The summed E-state index contributed by atoms with van der Waals surface area (Å²) in [5, 5.41) is 4.17. The maximum Gasteiger partial charge on any atom is 0.249 e. The molecule has 37 heavy (non-hydrogen) atoms. The number of aromatic nitrogens is 2. The SMILES string of the molecule is CC(Nc1ccc2c(c1)Cc1cccc(C3CN(c4cc[nH]c(=O)c4)CCO3)c1O2)c1cncc(Cl)c1. The number of benzene rings is 2. The number of H-pyrrole nitrogens is 1. The standard InChI is InChI=1S/C29H27ClN4O3/c1-18(21-12-22(30)16-31-15-21)33-23-5-6-26-20(13-23)11-19-3-2-4-25(29(19)37-26)27-17-34(9-10-36-27)24-7-8-32-28(35)14-24/h2-8,12-16,18,27,33H,9-11,17H2,1H3,(H,32,35). The highest BCUT2D eigenvalue weighted by Crippen LogP contribution is 2.43. The van der Waals surface area contributed by atoms with Crippen molar-refractivity contribution in [3.63, 3.8) is 0 Å². The molecule has 0 amide bonds. The van der Waals surface area contributed by atoms with Crippen molar-refractivity contribution in [3.8, 4) is 11.5 Å². The molecule has 2 atom stereocenters. The van der Waals surface area contributed by atoms with Gasteiger partial charge >= 0.3 is 0 Å². The number of hydrogen-bond donors (Lipinski definition) is 2. The van der Waals surface area contributed by atoms with Gasteiger partial charge in [-0.1, -0.05) is 29.8 Å². The van der Waals surface area contributed by atoms with E-state index in [1.165, 1.54) is 0 Å². The van der Waals surface area contributed by atoms with E-state index in [-0.39, 0.29) is 17.7 Å². The minimum absolute atomic E-state index is 0.0549. The highest BCUT2D eigenvalue weighted by atomic mass is 35.5. The molecule has 0 aliphatic carbocycles. The van der Waals surface area contributed by atoms with Crippen molar-refractivity contribution < 1.29 is 9.47 Å². The van der Waals surface area contributed by atoms with Gasteiger partial charge in [-0.25, -0.2) is 0 Å². The lowest BCUT2D eigenvalue weighted by molar-refractivity contribution is 0.0384. The van der Waals surface area contributed by atoms with Crippen molar-refractivity contribution in [2.75, 3.05) is 29.9 Å². The Morgan fingerprint density at radius 2 is 2.05 bits per heavy atom. The number of morpholine rings is 1. The molecule has 1 saturated heterocycles. The third-order valence-corrected chi connectivity index (χ3v) is 7.13. The van der Waals surface area contributed by atoms with Crippen molar-refractivity contribution in [2.24, 2.45) is 0 Å². The number of ether oxygens (including phenoxy) is 2. The van der Waals surface area contributed by atoms with Crippen LogP contribution in [0.2, 0.25) is 5.02 Å². The number of nitrogens with zero attached hydrogens (tertiary/aromatic N) is 2. The second kappa shape index (κ2) is 9.92. The highest BCUT2D eigenvalue weighted by Gasteiger charge is 2.29. The van der Waals surface area contributed by atoms with Crippen LogP contribution in [0.3, 0.4) is 0 Å². The fraction of sp³-hybridized carbons (Fsp3) is 0.241. The molecule has 188 valence electrons. The van der Waals surface area contributed by atoms with Crippen molar-refractivity contribution in [3.05, 3.63) is 111 Å². The predicted molar refractivity (Wildman–Crippen MR) is 145 cm³/mol. The van der Waals surface area contributed by atoms with E-state index in [1.807, 2.05) is 30.5 Å². The lowest BCUT2D eigenvalue weighted by atomic mass is 9.95. The van der Waals surface area contributed by atoms with Crippen molar-refractivity contribution in [1.29, 1.82) is 0 Å². The van der Waals surface area contributed by atoms with Crippen LogP contribution in [0, 0.1) is 0 Å². The van der Waals surface area contributed by atoms with Crippen LogP contribution in [0.15, 0.2) is 78.0 Å². The molecule has 4 heterocycles. The third kappa shape index (κ3) is 4.92. The zero-order valence-electron chi connectivity index (χ0n) is 20.4. The lowest BCUT2D eigenvalue weighted by Crippen LogP contribution is -2.39. The van der Waals surface area contributed by atoms with Crippen LogP contribution in [0.4, 0.5) is 11.4 Å². The van der Waals surface area contributed by atoms with Crippen LogP contribution in [0.1, 0.15) is 41.3 Å². The average molecular weight is 515 g/mol. The summed E-state index contributed by atoms with van der Waals surface area (Å²) in [5.74, 6) is 1.72. The van der Waals surface area contributed by atoms with Gasteiger partial charge in [0.25, 0.3) is 0 Å². The maximum atomic E-state index is 11.8. The zero-order valence-corrected chi connectivity index (χ0v) is 21.2. The summed E-state index contributed by atoms with van der Waals surface area (Å²) in [4.78, 5) is 20.9. The first-order chi connectivity index (χ1) is 18.0. The Bertz CT molecular complexity index is 1500. The molecule has 2 aliphatic rings. The van der Waals surface area contributed by atoms with E-state index in [2.05, 4.69) is 51.4 Å². The molecule has 4 aromatic rings. The van der Waals surface area contributed by atoms with Crippen LogP contribution in [0.25, 0.3) is 0 Å². The van der Waals surface area contributed by atoms with Gasteiger partial charge in [-0.15, -0.1) is 0 Å². The molecule has 1 fully saturated rings. The van der Waals surface area contributed by atoms with Gasteiger partial charge in [0.1, 0.15) is 17.6 Å². The molecule has 0 radical (unpaired) electrons. The summed E-state index contributed by atoms with van der Waals surface area (Å²) in [6.45, 7) is 4.05. The van der Waals surface area contributed by atoms with Crippen LogP contribution in [-0.2, 0) is 11.2 Å². The Morgan fingerprint density at radius 3 is 2.92 bits per heavy atom. The number of para-hydroxylation sites is 1. The normalized spacial score (nSPS) is 17.4. The first kappa shape index (κ1) is 23.6. The quantitative estimate of drug-likeness (QED) is 0.305. The number of hydrogen-bond acceptors (Lipinski definition) is 6. The van der Waals surface area contributed by atoms with Gasteiger partial charge in [0.2, 0.25) is 5.56 Å². The van der Waals surface area contributed by atoms with Gasteiger partial charge in [-0.3, -0.25) is 9.78 Å². The number of pyridine rings is 2. The number of aromatic amines is 1. The summed E-state index contributed by atoms with van der Waals surface area (Å²) in [5.41, 5.74) is 6.12. The molecule has 0 saturated carbocycles. The number of fused-ring (bicyclic) bond motifs is 2. The van der Waals surface area contributed by atoms with Gasteiger partial charge < -0.3 is 24.7 Å². The molecule has 2 unspecified atom stereocenters. The van der Waals surface area contributed by atoms with Crippen LogP contribution in [-0.4, -0.2) is 29.7 Å². The number of rotatable bonds is 5. The molecule has 0 bridgehead atoms. The van der Waals surface area contributed by atoms with E-state index < -0.39 is 0 Å². The topological polar surface area (TPSA) is 79.5 Å². The Labute approximate surface area is 220 Å². The molecular formula is C29H27ClN4O3. The fourth-order valence-corrected chi connectivity index (χ4v) is 5.23. The third-order valence-electron chi connectivity index (χ3n) is 6.93. The van der Waals surface area contributed by atoms with E-state index >= 15 is 0 Å². The first-order valence-corrected chi connectivity index (χ1v) is 12.8. The van der Waals surface area contributed by atoms with Gasteiger partial charge in [-0.2, -0.15) is 0 Å². The molecular weight excluding hydrogens is 488 g/mol. The van der Waals surface area contributed by atoms with E-state index in [0.29, 0.717) is 18.2 Å². The van der Waals surface area contributed by atoms with Crippen LogP contribution >= 0.6 is 11.6 Å². The monoisotopic (exact) mass is 514 g/mol. The largest absolute Gasteiger partial charge is 0.456 e. The number of anilines is 2. The first-order valence-electron chi connectivity index (χ1n) is 12.4. The molecule has 2 aliphatic heterocycles. The van der Waals surface area contributed by atoms with Crippen LogP contribution < -0.4 is 20.5 Å². The van der Waals surface area contributed by atoms with E-state index in [4.69, 9.17) is 21.1 Å². The van der Waals surface area contributed by atoms with Crippen molar-refractivity contribution in [1.82, 2.24) is 9.97 Å². The molecule has 8 heteroatoms. The van der Waals surface area contributed by atoms with E-state index in [1.54, 1.807) is 18.5 Å². The highest BCUT2D eigenvalue weighted by molar-refractivity contribution is 6.30. The summed E-state index contributed by atoms with van der Waals surface area (Å²) in [7, 11) is 0.